The number of nitrogens with one attached hydrogen (secondary N) is 1. The number of likely N-dealkylation sites (N-methyl/N-ethyl adjacent to an activating group) is 1. The highest BCUT2D eigenvalue weighted by Crippen LogP contribution is 2.42. The van der Waals surface area contributed by atoms with Crippen molar-refractivity contribution in [2.24, 2.45) is 5.92 Å². The molecule has 4 aromatic rings. The van der Waals surface area contributed by atoms with Crippen LogP contribution in [0.5, 0.6) is 5.75 Å². The van der Waals surface area contributed by atoms with Crippen molar-refractivity contribution in [2.75, 3.05) is 20.1 Å². The van der Waals surface area contributed by atoms with E-state index in [2.05, 4.69) is 12.2 Å². The number of carbonyl (C=O) groups excluding carboxylic acids is 1. The lowest BCUT2D eigenvalue weighted by Gasteiger charge is -2.42. The highest BCUT2D eigenvalue weighted by molar-refractivity contribution is 5.76. The minimum absolute atomic E-state index is 0.0374. The normalized spacial score (nSPS) is 19.6. The molecule has 1 heterocycles. The molecule has 1 fully saturated rings. The van der Waals surface area contributed by atoms with Gasteiger partial charge in [0.2, 0.25) is 5.91 Å². The zero-order chi connectivity index (χ0) is 35.6. The molecule has 4 aromatic carbocycles. The van der Waals surface area contributed by atoms with Gasteiger partial charge in [-0.2, -0.15) is 0 Å². The van der Waals surface area contributed by atoms with Gasteiger partial charge in [0.15, 0.2) is 6.29 Å². The summed E-state index contributed by atoms with van der Waals surface area (Å²) >= 11 is 0. The molecule has 0 radical (unpaired) electrons. The van der Waals surface area contributed by atoms with Crippen LogP contribution >= 0.6 is 0 Å². The molecule has 5 unspecified atom stereocenters. The predicted octanol–water partition coefficient (Wildman–Crippen LogP) is 5.88. The van der Waals surface area contributed by atoms with E-state index in [0.29, 0.717) is 31.6 Å². The van der Waals surface area contributed by atoms with Gasteiger partial charge in [-0.15, -0.1) is 0 Å². The first kappa shape index (κ1) is 36.7. The SMILES string of the molecule is CC1C(CN(C)CC(O)c2cccc(O)c2)OC(c2cccc(-c3cccc(CNC(=O)CCCC(=O)O)c3)c2)OC1c1ccc(CO)cc1. The van der Waals surface area contributed by atoms with Gasteiger partial charge in [0.05, 0.1) is 24.9 Å². The fraction of sp³-hybridized carbons (Fsp3) is 0.350. The van der Waals surface area contributed by atoms with E-state index >= 15 is 0 Å². The third kappa shape index (κ3) is 9.99. The van der Waals surface area contributed by atoms with E-state index in [4.69, 9.17) is 14.6 Å². The maximum absolute atomic E-state index is 12.2. The first-order valence-electron chi connectivity index (χ1n) is 16.9. The van der Waals surface area contributed by atoms with Crippen LogP contribution in [0.4, 0.5) is 0 Å². The largest absolute Gasteiger partial charge is 0.508 e. The Kier molecular flexibility index (Phi) is 12.8. The number of hydrogen-bond donors (Lipinski definition) is 5. The number of carboxylic acid groups (broad SMARTS) is 1. The van der Waals surface area contributed by atoms with Crippen molar-refractivity contribution in [1.82, 2.24) is 10.2 Å². The van der Waals surface area contributed by atoms with Crippen LogP contribution in [0.1, 0.15) is 72.5 Å². The van der Waals surface area contributed by atoms with E-state index in [-0.39, 0.29) is 49.2 Å². The highest BCUT2D eigenvalue weighted by Gasteiger charge is 2.39. The summed E-state index contributed by atoms with van der Waals surface area (Å²) in [6.45, 7) is 3.24. The van der Waals surface area contributed by atoms with E-state index in [1.165, 1.54) is 0 Å². The van der Waals surface area contributed by atoms with Crippen molar-refractivity contribution in [3.63, 3.8) is 0 Å². The van der Waals surface area contributed by atoms with Crippen molar-refractivity contribution >= 4 is 11.9 Å². The van der Waals surface area contributed by atoms with Gasteiger partial charge >= 0.3 is 5.97 Å². The zero-order valence-electron chi connectivity index (χ0n) is 28.4. The van der Waals surface area contributed by atoms with Gasteiger partial charge in [-0.05, 0) is 71.1 Å². The van der Waals surface area contributed by atoms with Crippen LogP contribution in [0.15, 0.2) is 97.1 Å². The number of ether oxygens (including phenoxy) is 2. The summed E-state index contributed by atoms with van der Waals surface area (Å²) in [6, 6.07) is 30.3. The topological polar surface area (TPSA) is 149 Å². The van der Waals surface area contributed by atoms with Crippen LogP contribution < -0.4 is 5.32 Å². The second-order valence-corrected chi connectivity index (χ2v) is 13.0. The summed E-state index contributed by atoms with van der Waals surface area (Å²) in [5, 5.41) is 42.1. The van der Waals surface area contributed by atoms with Crippen LogP contribution in [0.3, 0.4) is 0 Å². The van der Waals surface area contributed by atoms with Crippen molar-refractivity contribution in [1.29, 1.82) is 0 Å². The van der Waals surface area contributed by atoms with Gasteiger partial charge < -0.3 is 40.1 Å². The molecule has 0 bridgehead atoms. The fourth-order valence-corrected chi connectivity index (χ4v) is 6.26. The minimum Gasteiger partial charge on any atom is -0.508 e. The highest BCUT2D eigenvalue weighted by atomic mass is 16.7. The second kappa shape index (κ2) is 17.4. The number of aliphatic carboxylic acids is 1. The molecule has 0 spiro atoms. The average molecular weight is 683 g/mol. The number of carboxylic acids is 1. The maximum atomic E-state index is 12.2. The van der Waals surface area contributed by atoms with Gasteiger partial charge in [0, 0.05) is 44.0 Å². The summed E-state index contributed by atoms with van der Waals surface area (Å²) in [4.78, 5) is 25.0. The Hall–Kier alpha value is -4.58. The quantitative estimate of drug-likeness (QED) is 0.104. The molecule has 1 amide bonds. The minimum atomic E-state index is -0.914. The molecular formula is C40H46N2O8. The average Bonchev–Trinajstić information content (AvgIpc) is 3.11. The standard InChI is InChI=1S/C40H46N2O8/c1-26-36(24-42(2)23-35(45)32-10-5-12-34(44)21-32)49-40(50-39(26)29-17-15-27(25-43)16-18-29)33-11-4-9-31(20-33)30-8-3-7-28(19-30)22-41-37(46)13-6-14-38(47)48/h3-5,7-12,15-21,26,35-36,39-40,43-45H,6,13-14,22-25H2,1-2H3,(H,41,46)(H,47,48). The number of aliphatic hydroxyl groups excluding tert-OH is 2. The van der Waals surface area contributed by atoms with Crippen molar-refractivity contribution < 1.29 is 39.5 Å². The van der Waals surface area contributed by atoms with Crippen LogP contribution in [0.2, 0.25) is 0 Å². The number of nitrogens with zero attached hydrogens (tertiary/aromatic N) is 1. The number of amides is 1. The van der Waals surface area contributed by atoms with Gasteiger partial charge in [0.1, 0.15) is 5.75 Å². The zero-order valence-corrected chi connectivity index (χ0v) is 28.4. The van der Waals surface area contributed by atoms with Crippen LogP contribution in [0, 0.1) is 5.92 Å². The van der Waals surface area contributed by atoms with Crippen LogP contribution in [-0.2, 0) is 32.2 Å². The van der Waals surface area contributed by atoms with Crippen molar-refractivity contribution in [2.45, 2.75) is 63.9 Å². The van der Waals surface area contributed by atoms with Crippen molar-refractivity contribution in [3.05, 3.63) is 125 Å². The van der Waals surface area contributed by atoms with Crippen LogP contribution in [0.25, 0.3) is 11.1 Å². The lowest BCUT2D eigenvalue weighted by Crippen LogP contribution is -2.44. The number of phenols is 1. The fourth-order valence-electron chi connectivity index (χ4n) is 6.26. The van der Waals surface area contributed by atoms with E-state index in [1.807, 2.05) is 84.7 Å². The van der Waals surface area contributed by atoms with E-state index in [0.717, 1.165) is 33.4 Å². The Balaban J connectivity index is 1.33. The molecule has 10 heteroatoms. The first-order chi connectivity index (χ1) is 24.1. The summed E-state index contributed by atoms with van der Waals surface area (Å²) in [5.41, 5.74) is 6.10. The molecule has 1 aliphatic rings. The number of hydrogen-bond acceptors (Lipinski definition) is 8. The molecule has 5 rings (SSSR count). The molecule has 5 atom stereocenters. The Morgan fingerprint density at radius 2 is 1.58 bits per heavy atom. The molecule has 50 heavy (non-hydrogen) atoms. The second-order valence-electron chi connectivity index (χ2n) is 13.0. The summed E-state index contributed by atoms with van der Waals surface area (Å²) in [5.74, 6) is -1.04. The molecule has 5 N–H and O–H groups in total. The number of aliphatic hydroxyl groups is 2. The molecule has 10 nitrogen and oxygen atoms in total. The smallest absolute Gasteiger partial charge is 0.303 e. The Morgan fingerprint density at radius 3 is 2.30 bits per heavy atom. The van der Waals surface area contributed by atoms with E-state index < -0.39 is 18.4 Å². The number of benzene rings is 4. The Bertz CT molecular complexity index is 1730. The lowest BCUT2D eigenvalue weighted by atomic mass is 9.89. The first-order valence-corrected chi connectivity index (χ1v) is 16.9. The predicted molar refractivity (Wildman–Crippen MR) is 189 cm³/mol. The summed E-state index contributed by atoms with van der Waals surface area (Å²) in [7, 11) is 1.93. The molecule has 264 valence electrons. The van der Waals surface area contributed by atoms with Gasteiger partial charge in [-0.3, -0.25) is 9.59 Å². The third-order valence-electron chi connectivity index (χ3n) is 9.06. The number of rotatable bonds is 15. The molecular weight excluding hydrogens is 636 g/mol. The van der Waals surface area contributed by atoms with Gasteiger partial charge in [-0.25, -0.2) is 0 Å². The Labute approximate surface area is 292 Å². The maximum Gasteiger partial charge on any atom is 0.303 e. The molecule has 1 aliphatic heterocycles. The number of aromatic hydroxyl groups is 1. The van der Waals surface area contributed by atoms with E-state index in [1.54, 1.807) is 24.3 Å². The van der Waals surface area contributed by atoms with Crippen LogP contribution in [-0.4, -0.2) is 63.4 Å². The number of carbonyl (C=O) groups is 2. The molecule has 0 saturated carbocycles. The molecule has 0 aromatic heterocycles. The summed E-state index contributed by atoms with van der Waals surface area (Å²) in [6.07, 6.45) is -1.62. The monoisotopic (exact) mass is 682 g/mol. The van der Waals surface area contributed by atoms with Gasteiger partial charge in [0.25, 0.3) is 0 Å². The Morgan fingerprint density at radius 1 is 0.860 bits per heavy atom. The summed E-state index contributed by atoms with van der Waals surface area (Å²) < 4.78 is 13.4. The van der Waals surface area contributed by atoms with Gasteiger partial charge in [-0.1, -0.05) is 79.7 Å². The lowest BCUT2D eigenvalue weighted by molar-refractivity contribution is -0.276. The third-order valence-corrected chi connectivity index (χ3v) is 9.06. The molecule has 0 aliphatic carbocycles. The molecule has 1 saturated heterocycles. The number of phenolic OH excluding ortho intramolecular Hbond substituents is 1. The van der Waals surface area contributed by atoms with Crippen molar-refractivity contribution in [3.8, 4) is 16.9 Å². The van der Waals surface area contributed by atoms with E-state index in [9.17, 15) is 24.9 Å².